The number of para-hydroxylation sites is 1. The molecule has 0 aliphatic carbocycles. The molecule has 1 saturated heterocycles. The molecule has 0 atom stereocenters. The number of rotatable bonds is 5. The zero-order chi connectivity index (χ0) is 20.3. The molecule has 0 unspecified atom stereocenters. The first-order valence-corrected chi connectivity index (χ1v) is 10.8. The van der Waals surface area contributed by atoms with Crippen LogP contribution in [-0.2, 0) is 6.54 Å². The molecule has 152 valence electrons. The van der Waals surface area contributed by atoms with Crippen molar-refractivity contribution in [3.63, 3.8) is 0 Å². The summed E-state index contributed by atoms with van der Waals surface area (Å²) < 4.78 is 5.24. The smallest absolute Gasteiger partial charge is 0.289 e. The van der Waals surface area contributed by atoms with Crippen molar-refractivity contribution in [2.75, 3.05) is 36.4 Å². The maximum atomic E-state index is 12.5. The van der Waals surface area contributed by atoms with Gasteiger partial charge in [0.1, 0.15) is 5.82 Å². The fourth-order valence-corrected chi connectivity index (χ4v) is 4.23. The van der Waals surface area contributed by atoms with Gasteiger partial charge in [0, 0.05) is 36.4 Å². The van der Waals surface area contributed by atoms with Crippen molar-refractivity contribution >= 4 is 39.9 Å². The van der Waals surface area contributed by atoms with Crippen molar-refractivity contribution in [2.24, 2.45) is 0 Å². The lowest BCUT2D eigenvalue weighted by atomic mass is 10.2. The summed E-state index contributed by atoms with van der Waals surface area (Å²) in [6.45, 7) is 3.29. The highest BCUT2D eigenvalue weighted by atomic mass is 32.1. The van der Waals surface area contributed by atoms with Gasteiger partial charge in [0.25, 0.3) is 5.91 Å². The van der Waals surface area contributed by atoms with Crippen LogP contribution in [0, 0.1) is 0 Å². The van der Waals surface area contributed by atoms with Gasteiger partial charge >= 0.3 is 0 Å². The van der Waals surface area contributed by atoms with Gasteiger partial charge in [-0.2, -0.15) is 4.98 Å². The fraction of sp³-hybridized carbons (Fsp3) is 0.227. The van der Waals surface area contributed by atoms with Gasteiger partial charge in [-0.15, -0.1) is 11.3 Å². The van der Waals surface area contributed by atoms with Gasteiger partial charge in [0.2, 0.25) is 5.95 Å². The van der Waals surface area contributed by atoms with Crippen molar-refractivity contribution in [2.45, 2.75) is 6.54 Å². The summed E-state index contributed by atoms with van der Waals surface area (Å²) in [6.07, 6.45) is 1.52. The molecular weight excluding hydrogens is 398 g/mol. The van der Waals surface area contributed by atoms with Crippen LogP contribution in [0.2, 0.25) is 0 Å². The Labute approximate surface area is 178 Å². The van der Waals surface area contributed by atoms with Crippen molar-refractivity contribution in [1.82, 2.24) is 14.9 Å². The number of nitrogens with one attached hydrogen (secondary N) is 1. The van der Waals surface area contributed by atoms with Crippen molar-refractivity contribution in [3.8, 4) is 0 Å². The third-order valence-electron chi connectivity index (χ3n) is 5.18. The molecule has 7 nitrogen and oxygen atoms in total. The van der Waals surface area contributed by atoms with E-state index in [9.17, 15) is 4.79 Å². The van der Waals surface area contributed by atoms with Crippen LogP contribution in [0.25, 0.3) is 10.9 Å². The van der Waals surface area contributed by atoms with E-state index in [1.165, 1.54) is 11.1 Å². The first-order valence-electron chi connectivity index (χ1n) is 9.89. The number of nitrogens with zero attached hydrogens (tertiary/aromatic N) is 4. The molecule has 1 aromatic carbocycles. The van der Waals surface area contributed by atoms with E-state index < -0.39 is 0 Å². The topological polar surface area (TPSA) is 74.5 Å². The molecule has 1 N–H and O–H groups in total. The molecule has 1 amide bonds. The number of amides is 1. The number of carbonyl (C=O) groups is 1. The lowest BCUT2D eigenvalue weighted by Crippen LogP contribution is -2.49. The summed E-state index contributed by atoms with van der Waals surface area (Å²) in [6, 6.07) is 15.6. The third-order valence-corrected chi connectivity index (χ3v) is 6.06. The van der Waals surface area contributed by atoms with Crippen LogP contribution in [0.15, 0.2) is 64.6 Å². The van der Waals surface area contributed by atoms with Crippen LogP contribution in [-0.4, -0.2) is 47.0 Å². The van der Waals surface area contributed by atoms with Crippen LogP contribution in [0.4, 0.5) is 11.8 Å². The Morgan fingerprint density at radius 1 is 1.03 bits per heavy atom. The van der Waals surface area contributed by atoms with Crippen LogP contribution in [0.5, 0.6) is 0 Å². The second kappa shape index (κ2) is 8.16. The van der Waals surface area contributed by atoms with E-state index in [4.69, 9.17) is 14.4 Å². The molecule has 8 heteroatoms. The average Bonchev–Trinajstić information content (AvgIpc) is 3.51. The fourth-order valence-electron chi connectivity index (χ4n) is 3.59. The Balaban J connectivity index is 1.35. The van der Waals surface area contributed by atoms with Crippen molar-refractivity contribution in [3.05, 3.63) is 70.8 Å². The van der Waals surface area contributed by atoms with E-state index in [0.717, 1.165) is 23.3 Å². The highest BCUT2D eigenvalue weighted by molar-refractivity contribution is 7.09. The van der Waals surface area contributed by atoms with E-state index in [1.54, 1.807) is 23.5 Å². The van der Waals surface area contributed by atoms with E-state index in [2.05, 4.69) is 27.7 Å². The third kappa shape index (κ3) is 3.73. The number of carbonyl (C=O) groups excluding carboxylic acids is 1. The minimum atomic E-state index is -0.0719. The van der Waals surface area contributed by atoms with E-state index in [-0.39, 0.29) is 5.91 Å². The zero-order valence-electron chi connectivity index (χ0n) is 16.3. The normalized spacial score (nSPS) is 14.3. The maximum Gasteiger partial charge on any atom is 0.289 e. The summed E-state index contributed by atoms with van der Waals surface area (Å²) in [5, 5.41) is 6.55. The number of benzene rings is 1. The molecule has 30 heavy (non-hydrogen) atoms. The highest BCUT2D eigenvalue weighted by Gasteiger charge is 2.25. The van der Waals surface area contributed by atoms with Gasteiger partial charge in [-0.3, -0.25) is 4.79 Å². The second-order valence-electron chi connectivity index (χ2n) is 7.08. The van der Waals surface area contributed by atoms with E-state index in [1.807, 2.05) is 29.2 Å². The average molecular weight is 420 g/mol. The monoisotopic (exact) mass is 419 g/mol. The van der Waals surface area contributed by atoms with Crippen LogP contribution in [0.3, 0.4) is 0 Å². The molecule has 1 aliphatic heterocycles. The molecule has 1 fully saturated rings. The number of fused-ring (bicyclic) bond motifs is 1. The Morgan fingerprint density at radius 3 is 2.67 bits per heavy atom. The molecule has 5 rings (SSSR count). The number of hydrogen-bond donors (Lipinski definition) is 1. The Bertz CT molecular complexity index is 1140. The van der Waals surface area contributed by atoms with Gasteiger partial charge in [-0.05, 0) is 35.7 Å². The molecule has 0 radical (unpaired) electrons. The SMILES string of the molecule is O=C(c1ccco1)N1CCN(c2nc(NCc3cccs3)c3ccccc3n2)CC1. The predicted molar refractivity (Wildman–Crippen MR) is 118 cm³/mol. The molecule has 4 heterocycles. The molecule has 0 spiro atoms. The van der Waals surface area contributed by atoms with Crippen LogP contribution >= 0.6 is 11.3 Å². The van der Waals surface area contributed by atoms with Crippen molar-refractivity contribution in [1.29, 1.82) is 0 Å². The maximum absolute atomic E-state index is 12.5. The summed E-state index contributed by atoms with van der Waals surface area (Å²) >= 11 is 1.72. The van der Waals surface area contributed by atoms with Crippen LogP contribution < -0.4 is 10.2 Å². The number of anilines is 2. The largest absolute Gasteiger partial charge is 0.459 e. The lowest BCUT2D eigenvalue weighted by molar-refractivity contribution is 0.0714. The van der Waals surface area contributed by atoms with Gasteiger partial charge in [0.05, 0.1) is 18.3 Å². The number of piperazine rings is 1. The highest BCUT2D eigenvalue weighted by Crippen LogP contribution is 2.25. The van der Waals surface area contributed by atoms with Gasteiger partial charge in [-0.25, -0.2) is 4.98 Å². The number of hydrogen-bond acceptors (Lipinski definition) is 7. The molecule has 0 bridgehead atoms. The quantitative estimate of drug-likeness (QED) is 0.530. The summed E-state index contributed by atoms with van der Waals surface area (Å²) in [5.41, 5.74) is 0.908. The minimum Gasteiger partial charge on any atom is -0.459 e. The Hall–Kier alpha value is -3.39. The van der Waals surface area contributed by atoms with Gasteiger partial charge in [-0.1, -0.05) is 18.2 Å². The van der Waals surface area contributed by atoms with E-state index >= 15 is 0 Å². The van der Waals surface area contributed by atoms with Gasteiger partial charge < -0.3 is 19.5 Å². The molecule has 4 aromatic rings. The summed E-state index contributed by atoms with van der Waals surface area (Å²) in [7, 11) is 0. The molecule has 1 aliphatic rings. The number of thiophene rings is 1. The predicted octanol–water partition coefficient (Wildman–Crippen LogP) is 3.86. The number of aromatic nitrogens is 2. The standard InChI is InChI=1S/C22H21N5O2S/c28-21(19-8-3-13-29-19)26-9-11-27(12-10-26)22-24-18-7-2-1-6-17(18)20(25-22)23-15-16-5-4-14-30-16/h1-8,13-14H,9-12,15H2,(H,23,24,25). The minimum absolute atomic E-state index is 0.0719. The summed E-state index contributed by atoms with van der Waals surface area (Å²) in [5.74, 6) is 1.83. The molecular formula is C22H21N5O2S. The number of furan rings is 1. The molecule has 0 saturated carbocycles. The van der Waals surface area contributed by atoms with Crippen molar-refractivity contribution < 1.29 is 9.21 Å². The Morgan fingerprint density at radius 2 is 1.90 bits per heavy atom. The van der Waals surface area contributed by atoms with Gasteiger partial charge in [0.15, 0.2) is 5.76 Å². The lowest BCUT2D eigenvalue weighted by Gasteiger charge is -2.34. The van der Waals surface area contributed by atoms with E-state index in [0.29, 0.717) is 37.9 Å². The molecule has 3 aromatic heterocycles. The Kier molecular flexibility index (Phi) is 5.06. The summed E-state index contributed by atoms with van der Waals surface area (Å²) in [4.78, 5) is 27.3. The van der Waals surface area contributed by atoms with Crippen LogP contribution in [0.1, 0.15) is 15.4 Å². The zero-order valence-corrected chi connectivity index (χ0v) is 17.1. The first-order chi connectivity index (χ1) is 14.8. The first kappa shape index (κ1) is 18.6. The second-order valence-corrected chi connectivity index (χ2v) is 8.11.